The van der Waals surface area contributed by atoms with Crippen LogP contribution in [-0.4, -0.2) is 37.3 Å². The van der Waals surface area contributed by atoms with Crippen LogP contribution in [0.15, 0.2) is 66.0 Å². The van der Waals surface area contributed by atoms with Crippen molar-refractivity contribution in [1.82, 2.24) is 25.2 Å². The fourth-order valence-corrected chi connectivity index (χ4v) is 5.83. The van der Waals surface area contributed by atoms with Crippen molar-refractivity contribution in [3.63, 3.8) is 0 Å². The van der Waals surface area contributed by atoms with E-state index in [0.29, 0.717) is 35.0 Å². The van der Waals surface area contributed by atoms with Gasteiger partial charge in [0.15, 0.2) is 5.01 Å². The molecule has 0 aliphatic heterocycles. The van der Waals surface area contributed by atoms with Gasteiger partial charge in [-0.1, -0.05) is 42.8 Å². The van der Waals surface area contributed by atoms with Crippen molar-refractivity contribution >= 4 is 34.2 Å². The Morgan fingerprint density at radius 2 is 1.98 bits per heavy atom. The summed E-state index contributed by atoms with van der Waals surface area (Å²) in [5, 5.41) is 18.8. The number of anilines is 1. The van der Waals surface area contributed by atoms with Gasteiger partial charge in [0.25, 0.3) is 0 Å². The van der Waals surface area contributed by atoms with Crippen molar-refractivity contribution in [2.75, 3.05) is 12.4 Å². The Morgan fingerprint density at radius 1 is 1.14 bits per heavy atom. The Bertz CT molecular complexity index is 1790. The average Bonchev–Trinajstić information content (AvgIpc) is 3.61. The summed E-state index contributed by atoms with van der Waals surface area (Å²) in [7, 11) is 1.62. The van der Waals surface area contributed by atoms with Crippen LogP contribution in [0.25, 0.3) is 11.4 Å². The summed E-state index contributed by atoms with van der Waals surface area (Å²) >= 11 is 7.19. The Morgan fingerprint density at radius 3 is 2.71 bits per heavy atom. The molecule has 2 aromatic heterocycles. The highest BCUT2D eigenvalue weighted by molar-refractivity contribution is 7.81. The van der Waals surface area contributed by atoms with Crippen molar-refractivity contribution in [3.05, 3.63) is 105 Å². The van der Waals surface area contributed by atoms with Gasteiger partial charge >= 0.3 is 0 Å². The maximum atomic E-state index is 15.4. The van der Waals surface area contributed by atoms with Crippen LogP contribution >= 0.6 is 23.6 Å². The van der Waals surface area contributed by atoms with Crippen molar-refractivity contribution in [1.29, 1.82) is 0 Å². The van der Waals surface area contributed by atoms with Crippen LogP contribution in [0.5, 0.6) is 5.75 Å². The van der Waals surface area contributed by atoms with Gasteiger partial charge in [-0.05, 0) is 84.5 Å². The minimum absolute atomic E-state index is 0.280. The molecular weight excluding hydrogens is 568 g/mol. The van der Waals surface area contributed by atoms with Gasteiger partial charge in [-0.3, -0.25) is 0 Å². The predicted octanol–water partition coefficient (Wildman–Crippen LogP) is 6.76. The Balaban J connectivity index is 1.14. The molecule has 42 heavy (non-hydrogen) atoms. The van der Waals surface area contributed by atoms with E-state index in [1.807, 2.05) is 61.5 Å². The Labute approximate surface area is 252 Å². The molecule has 1 aliphatic rings. The lowest BCUT2D eigenvalue weighted by atomic mass is 9.83. The molecule has 0 radical (unpaired) electrons. The maximum absolute atomic E-state index is 15.4. The number of aromatic nitrogens is 5. The number of aryl methyl sites for hydroxylation is 1. The summed E-state index contributed by atoms with van der Waals surface area (Å²) in [6.45, 7) is 2.24. The first kappa shape index (κ1) is 27.7. The van der Waals surface area contributed by atoms with Crippen LogP contribution in [0.3, 0.4) is 0 Å². The monoisotopic (exact) mass is 594 g/mol. The first-order valence-electron chi connectivity index (χ1n) is 13.6. The van der Waals surface area contributed by atoms with Crippen LogP contribution in [0.4, 0.5) is 10.1 Å². The van der Waals surface area contributed by atoms with Crippen LogP contribution in [0, 0.1) is 24.6 Å². The summed E-state index contributed by atoms with van der Waals surface area (Å²) < 4.78 is 20.6. The van der Waals surface area contributed by atoms with Crippen molar-refractivity contribution in [3.8, 4) is 29.0 Å². The first-order chi connectivity index (χ1) is 20.4. The molecule has 5 aromatic rings. The molecule has 10 heteroatoms. The topological polar surface area (TPSA) is 77.8 Å². The van der Waals surface area contributed by atoms with E-state index >= 15 is 4.39 Å². The number of halogens is 1. The zero-order valence-corrected chi connectivity index (χ0v) is 24.7. The third kappa shape index (κ3) is 6.22. The second-order valence-electron chi connectivity index (χ2n) is 10.1. The number of nitrogens with one attached hydrogen (secondary N) is 1. The minimum Gasteiger partial charge on any atom is -0.497 e. The van der Waals surface area contributed by atoms with Crippen molar-refractivity contribution < 1.29 is 9.13 Å². The van der Waals surface area contributed by atoms with Gasteiger partial charge in [0, 0.05) is 33.7 Å². The highest BCUT2D eigenvalue weighted by atomic mass is 32.1. The molecular formula is C32H27FN6OS2. The smallest absolute Gasteiger partial charge is 0.205 e. The molecule has 0 atom stereocenters. The summed E-state index contributed by atoms with van der Waals surface area (Å²) in [5.74, 6) is 7.60. The molecule has 0 saturated heterocycles. The number of tetrazole rings is 1. The zero-order valence-electron chi connectivity index (χ0n) is 23.1. The molecule has 1 aliphatic carbocycles. The van der Waals surface area contributed by atoms with Gasteiger partial charge in [-0.2, -0.15) is 4.80 Å². The van der Waals surface area contributed by atoms with E-state index in [2.05, 4.69) is 42.9 Å². The maximum Gasteiger partial charge on any atom is 0.205 e. The third-order valence-corrected chi connectivity index (χ3v) is 8.27. The summed E-state index contributed by atoms with van der Waals surface area (Å²) in [6, 6.07) is 18.4. The van der Waals surface area contributed by atoms with E-state index in [0.717, 1.165) is 33.3 Å². The first-order valence-corrected chi connectivity index (χ1v) is 14.8. The number of thiazole rings is 1. The summed E-state index contributed by atoms with van der Waals surface area (Å²) in [5.41, 5.74) is 5.21. The molecule has 0 bridgehead atoms. The fourth-order valence-electron chi connectivity index (χ4n) is 4.71. The van der Waals surface area contributed by atoms with Crippen LogP contribution < -0.4 is 10.1 Å². The van der Waals surface area contributed by atoms with E-state index < -0.39 is 5.82 Å². The number of rotatable bonds is 7. The van der Waals surface area contributed by atoms with Crippen LogP contribution in [0.2, 0.25) is 0 Å². The molecule has 1 saturated carbocycles. The number of hydrogen-bond acceptors (Lipinski definition) is 7. The molecule has 6 rings (SSSR count). The molecule has 3 aromatic carbocycles. The van der Waals surface area contributed by atoms with Crippen LogP contribution in [-0.2, 0) is 6.54 Å². The normalized spacial score (nSPS) is 12.7. The summed E-state index contributed by atoms with van der Waals surface area (Å²) in [4.78, 5) is 6.44. The minimum atomic E-state index is -0.462. The van der Waals surface area contributed by atoms with Crippen LogP contribution in [0.1, 0.15) is 58.1 Å². The number of ether oxygens (including phenoxy) is 1. The lowest BCUT2D eigenvalue weighted by molar-refractivity contribution is 0.412. The number of methoxy groups -OCH3 is 1. The van der Waals surface area contributed by atoms with E-state index in [1.54, 1.807) is 18.4 Å². The van der Waals surface area contributed by atoms with Crippen molar-refractivity contribution in [2.24, 2.45) is 0 Å². The standard InChI is InChI=1S/C32H27FN6OS2/c1-20-15-24(31-36-38-39(37-31)18-22-9-12-26(40-2)13-10-22)17-27(33)30(20)32(41)34-25-8-3-5-21(16-25)11-14-29-35-28(19-42-29)23-6-4-7-23/h3,5,8-10,12-13,15-17,19,23H,4,6-7,18H2,1-2H3,(H,34,41). The van der Waals surface area contributed by atoms with Gasteiger partial charge in [-0.25, -0.2) is 9.37 Å². The second kappa shape index (κ2) is 12.2. The number of thiocarbonyl (C=S) groups is 1. The third-order valence-electron chi connectivity index (χ3n) is 7.19. The molecule has 0 spiro atoms. The largest absolute Gasteiger partial charge is 0.497 e. The number of hydrogen-bond donors (Lipinski definition) is 1. The van der Waals surface area contributed by atoms with Gasteiger partial charge in [-0.15, -0.1) is 21.5 Å². The molecule has 210 valence electrons. The van der Waals surface area contributed by atoms with E-state index in [-0.39, 0.29) is 4.99 Å². The van der Waals surface area contributed by atoms with E-state index in [4.69, 9.17) is 17.0 Å². The molecule has 0 unspecified atom stereocenters. The van der Waals surface area contributed by atoms with E-state index in [9.17, 15) is 0 Å². The second-order valence-corrected chi connectivity index (χ2v) is 11.4. The Kier molecular flexibility index (Phi) is 8.04. The lowest BCUT2D eigenvalue weighted by Crippen LogP contribution is -2.14. The van der Waals surface area contributed by atoms with Gasteiger partial charge in [0.1, 0.15) is 16.6 Å². The van der Waals surface area contributed by atoms with Crippen molar-refractivity contribution in [2.45, 2.75) is 38.6 Å². The fraction of sp³-hybridized carbons (Fsp3) is 0.219. The highest BCUT2D eigenvalue weighted by Crippen LogP contribution is 2.36. The van der Waals surface area contributed by atoms with Gasteiger partial charge in [0.05, 0.1) is 19.3 Å². The lowest BCUT2D eigenvalue weighted by Gasteiger charge is -2.22. The molecule has 2 heterocycles. The average molecular weight is 595 g/mol. The highest BCUT2D eigenvalue weighted by Gasteiger charge is 2.21. The molecule has 1 fully saturated rings. The summed E-state index contributed by atoms with van der Waals surface area (Å²) in [6.07, 6.45) is 3.72. The van der Waals surface area contributed by atoms with Gasteiger partial charge in [0.2, 0.25) is 5.82 Å². The molecule has 1 N–H and O–H groups in total. The van der Waals surface area contributed by atoms with Gasteiger partial charge < -0.3 is 10.1 Å². The molecule has 7 nitrogen and oxygen atoms in total. The van der Waals surface area contributed by atoms with E-state index in [1.165, 1.54) is 30.1 Å². The molecule has 0 amide bonds. The SMILES string of the molecule is COc1ccc(Cn2nnc(-c3cc(C)c(C(=S)Nc4cccc(C#Cc5nc(C6CCC6)cs5)c4)c(F)c3)n2)cc1. The predicted molar refractivity (Wildman–Crippen MR) is 166 cm³/mol. The Hall–Kier alpha value is -4.46. The quantitative estimate of drug-likeness (QED) is 0.165. The number of nitrogens with zero attached hydrogens (tertiary/aromatic N) is 5. The zero-order chi connectivity index (χ0) is 29.1. The number of benzene rings is 3.